The molecule has 1 aliphatic carbocycles. The molecule has 1 saturated carbocycles. The molecule has 1 aromatic heterocycles. The van der Waals surface area contributed by atoms with Crippen molar-refractivity contribution in [3.05, 3.63) is 35.7 Å². The topological polar surface area (TPSA) is 62.7 Å². The molecule has 2 aromatic rings. The first kappa shape index (κ1) is 12.9. The molecule has 1 heterocycles. The number of hydrogen-bond acceptors (Lipinski definition) is 4. The summed E-state index contributed by atoms with van der Waals surface area (Å²) in [7, 11) is 0. The molecule has 101 valence electrons. The average Bonchev–Trinajstić information content (AvgIpc) is 2.94. The van der Waals surface area contributed by atoms with E-state index in [1.54, 1.807) is 6.92 Å². The maximum atomic E-state index is 9.26. The zero-order valence-electron chi connectivity index (χ0n) is 11.5. The van der Waals surface area contributed by atoms with Crippen LogP contribution in [0.1, 0.15) is 43.0 Å². The molecule has 4 heteroatoms. The molecule has 0 aliphatic heterocycles. The van der Waals surface area contributed by atoms with Gasteiger partial charge in [-0.3, -0.25) is 0 Å². The SMILES string of the molecule is Cc1noc(-c2[c]cc(C3CCCCC3C#N)cc2)n1. The van der Waals surface area contributed by atoms with Gasteiger partial charge in [-0.15, -0.1) is 0 Å². The minimum atomic E-state index is 0.133. The number of nitrogens with zero attached hydrogens (tertiary/aromatic N) is 3. The number of hydrogen-bond donors (Lipinski definition) is 0. The highest BCUT2D eigenvalue weighted by Gasteiger charge is 2.26. The summed E-state index contributed by atoms with van der Waals surface area (Å²) in [6.45, 7) is 1.79. The Morgan fingerprint density at radius 2 is 2.20 bits per heavy atom. The molecule has 2 unspecified atom stereocenters. The van der Waals surface area contributed by atoms with Crippen LogP contribution >= 0.6 is 0 Å². The van der Waals surface area contributed by atoms with Gasteiger partial charge in [-0.25, -0.2) is 0 Å². The van der Waals surface area contributed by atoms with Gasteiger partial charge in [0.05, 0.1) is 12.0 Å². The van der Waals surface area contributed by atoms with Crippen molar-refractivity contribution >= 4 is 0 Å². The van der Waals surface area contributed by atoms with E-state index < -0.39 is 0 Å². The Kier molecular flexibility index (Phi) is 3.51. The van der Waals surface area contributed by atoms with Gasteiger partial charge in [0, 0.05) is 5.56 Å². The molecular weight excluding hydrogens is 250 g/mol. The summed E-state index contributed by atoms with van der Waals surface area (Å²) in [5, 5.41) is 13.0. The van der Waals surface area contributed by atoms with Crippen molar-refractivity contribution in [1.29, 1.82) is 5.26 Å². The van der Waals surface area contributed by atoms with E-state index in [0.717, 1.165) is 24.8 Å². The largest absolute Gasteiger partial charge is 0.334 e. The van der Waals surface area contributed by atoms with Crippen molar-refractivity contribution in [1.82, 2.24) is 10.1 Å². The Balaban J connectivity index is 1.84. The molecule has 0 spiro atoms. The van der Waals surface area contributed by atoms with Crippen molar-refractivity contribution in [2.45, 2.75) is 38.5 Å². The van der Waals surface area contributed by atoms with Gasteiger partial charge in [0.2, 0.25) is 0 Å². The van der Waals surface area contributed by atoms with Crippen LogP contribution in [0.2, 0.25) is 0 Å². The van der Waals surface area contributed by atoms with Crippen LogP contribution in [0.25, 0.3) is 11.5 Å². The van der Waals surface area contributed by atoms with Gasteiger partial charge >= 0.3 is 0 Å². The second-order valence-electron chi connectivity index (χ2n) is 5.31. The van der Waals surface area contributed by atoms with E-state index in [2.05, 4.69) is 28.3 Å². The lowest BCUT2D eigenvalue weighted by Crippen LogP contribution is -2.16. The highest BCUT2D eigenvalue weighted by atomic mass is 16.5. The number of aromatic nitrogens is 2. The Labute approximate surface area is 118 Å². The van der Waals surface area contributed by atoms with Crippen LogP contribution in [-0.2, 0) is 0 Å². The molecule has 0 N–H and O–H groups in total. The third-order valence-corrected chi connectivity index (χ3v) is 3.95. The lowest BCUT2D eigenvalue weighted by molar-refractivity contribution is 0.369. The first-order valence-corrected chi connectivity index (χ1v) is 7.00. The second kappa shape index (κ2) is 5.46. The van der Waals surface area contributed by atoms with E-state index >= 15 is 0 Å². The van der Waals surface area contributed by atoms with Gasteiger partial charge in [-0.05, 0) is 43.4 Å². The first-order valence-electron chi connectivity index (χ1n) is 7.00. The molecule has 1 aromatic carbocycles. The van der Waals surface area contributed by atoms with Gasteiger partial charge < -0.3 is 4.52 Å². The van der Waals surface area contributed by atoms with E-state index in [1.807, 2.05) is 12.1 Å². The minimum Gasteiger partial charge on any atom is -0.334 e. The molecule has 2 atom stereocenters. The number of rotatable bonds is 2. The monoisotopic (exact) mass is 266 g/mol. The summed E-state index contributed by atoms with van der Waals surface area (Å²) in [5.74, 6) is 1.58. The molecule has 0 saturated heterocycles. The van der Waals surface area contributed by atoms with Crippen LogP contribution < -0.4 is 0 Å². The lowest BCUT2D eigenvalue weighted by Gasteiger charge is -2.27. The summed E-state index contributed by atoms with van der Waals surface area (Å²) in [6.07, 6.45) is 4.46. The molecule has 0 bridgehead atoms. The van der Waals surface area contributed by atoms with E-state index in [-0.39, 0.29) is 5.92 Å². The standard InChI is InChI=1S/C16H16N3O/c1-11-18-16(20-19-11)13-8-6-12(7-9-13)15-5-3-2-4-14(15)10-17/h6-8,14-15H,2-5H2,1H3. The fourth-order valence-electron chi connectivity index (χ4n) is 2.89. The van der Waals surface area contributed by atoms with Crippen molar-refractivity contribution in [3.63, 3.8) is 0 Å². The quantitative estimate of drug-likeness (QED) is 0.832. The van der Waals surface area contributed by atoms with E-state index in [4.69, 9.17) is 4.52 Å². The maximum Gasteiger partial charge on any atom is 0.258 e. The van der Waals surface area contributed by atoms with Crippen molar-refractivity contribution in [3.8, 4) is 17.5 Å². The van der Waals surface area contributed by atoms with Crippen LogP contribution in [0, 0.1) is 30.2 Å². The zero-order chi connectivity index (χ0) is 13.9. The fraction of sp³-hybridized carbons (Fsp3) is 0.438. The molecular formula is C16H16N3O. The molecule has 20 heavy (non-hydrogen) atoms. The highest BCUT2D eigenvalue weighted by Crippen LogP contribution is 2.37. The van der Waals surface area contributed by atoms with Crippen LogP contribution in [0.4, 0.5) is 0 Å². The molecule has 1 fully saturated rings. The van der Waals surface area contributed by atoms with Crippen molar-refractivity contribution in [2.24, 2.45) is 5.92 Å². The molecule has 0 amide bonds. The Morgan fingerprint density at radius 1 is 1.35 bits per heavy atom. The Hall–Kier alpha value is -2.15. The summed E-state index contributed by atoms with van der Waals surface area (Å²) in [4.78, 5) is 4.19. The smallest absolute Gasteiger partial charge is 0.258 e. The third-order valence-electron chi connectivity index (χ3n) is 3.95. The van der Waals surface area contributed by atoms with E-state index in [0.29, 0.717) is 17.6 Å². The molecule has 3 rings (SSSR count). The van der Waals surface area contributed by atoms with Crippen LogP contribution in [0.15, 0.2) is 22.7 Å². The number of nitriles is 1. The second-order valence-corrected chi connectivity index (χ2v) is 5.31. The Morgan fingerprint density at radius 3 is 2.85 bits per heavy atom. The van der Waals surface area contributed by atoms with Crippen LogP contribution in [0.5, 0.6) is 0 Å². The molecule has 1 radical (unpaired) electrons. The van der Waals surface area contributed by atoms with Gasteiger partial charge in [0.15, 0.2) is 5.82 Å². The fourth-order valence-corrected chi connectivity index (χ4v) is 2.89. The molecule has 1 aliphatic rings. The van der Waals surface area contributed by atoms with Gasteiger partial charge in [0.25, 0.3) is 5.89 Å². The normalized spacial score (nSPS) is 22.4. The first-order chi connectivity index (χ1) is 9.78. The summed E-state index contributed by atoms with van der Waals surface area (Å²) in [5.41, 5.74) is 2.00. The average molecular weight is 266 g/mol. The van der Waals surface area contributed by atoms with E-state index in [9.17, 15) is 5.26 Å². The van der Waals surface area contributed by atoms with Crippen molar-refractivity contribution in [2.75, 3.05) is 0 Å². The number of aryl methyl sites for hydroxylation is 1. The summed E-state index contributed by atoms with van der Waals surface area (Å²) < 4.78 is 5.13. The van der Waals surface area contributed by atoms with Crippen molar-refractivity contribution < 1.29 is 4.52 Å². The predicted octanol–water partition coefficient (Wildman–Crippen LogP) is 3.64. The third kappa shape index (κ3) is 2.44. The minimum absolute atomic E-state index is 0.133. The van der Waals surface area contributed by atoms with Gasteiger partial charge in [-0.1, -0.05) is 30.1 Å². The Bertz CT molecular complexity index is 624. The van der Waals surface area contributed by atoms with Crippen LogP contribution in [-0.4, -0.2) is 10.1 Å². The van der Waals surface area contributed by atoms with Crippen LogP contribution in [0.3, 0.4) is 0 Å². The van der Waals surface area contributed by atoms with E-state index in [1.165, 1.54) is 12.0 Å². The van der Waals surface area contributed by atoms with Gasteiger partial charge in [-0.2, -0.15) is 10.2 Å². The number of benzene rings is 1. The summed E-state index contributed by atoms with van der Waals surface area (Å²) >= 11 is 0. The summed E-state index contributed by atoms with van der Waals surface area (Å²) in [6, 6.07) is 11.6. The predicted molar refractivity (Wildman–Crippen MR) is 73.6 cm³/mol. The maximum absolute atomic E-state index is 9.26. The molecule has 4 nitrogen and oxygen atoms in total. The highest BCUT2D eigenvalue weighted by molar-refractivity contribution is 5.52. The lowest BCUT2D eigenvalue weighted by atomic mass is 9.76. The zero-order valence-corrected chi connectivity index (χ0v) is 11.5. The van der Waals surface area contributed by atoms with Gasteiger partial charge in [0.1, 0.15) is 0 Å².